The molecule has 0 bridgehead atoms. The van der Waals surface area contributed by atoms with Gasteiger partial charge in [-0.05, 0) is 0 Å². The molecule has 0 aromatic rings. The van der Waals surface area contributed by atoms with Gasteiger partial charge in [-0.1, -0.05) is 7.43 Å². The van der Waals surface area contributed by atoms with Crippen molar-refractivity contribution in [3.8, 4) is 0 Å². The van der Waals surface area contributed by atoms with Gasteiger partial charge in [-0.2, -0.15) is 0 Å². The molecule has 0 saturated carbocycles. The molecular formula is CH8Cl4V. The van der Waals surface area contributed by atoms with Crippen LogP contribution < -0.4 is 0 Å². The summed E-state index contributed by atoms with van der Waals surface area (Å²) < 4.78 is 0. The molecule has 0 aliphatic heterocycles. The van der Waals surface area contributed by atoms with Crippen LogP contribution >= 0.6 is 49.6 Å². The van der Waals surface area contributed by atoms with Crippen molar-refractivity contribution in [3.63, 3.8) is 0 Å². The molecule has 1 radical (unpaired) electrons. The predicted molar refractivity (Wildman–Crippen MR) is 35.7 cm³/mol. The van der Waals surface area contributed by atoms with E-state index in [1.165, 1.54) is 0 Å². The van der Waals surface area contributed by atoms with Crippen molar-refractivity contribution in [2.75, 3.05) is 0 Å². The summed E-state index contributed by atoms with van der Waals surface area (Å²) in [6.07, 6.45) is 0. The molecule has 0 N–H and O–H groups in total. The van der Waals surface area contributed by atoms with E-state index < -0.39 is 0 Å². The minimum atomic E-state index is 0. The third-order valence-electron chi connectivity index (χ3n) is 0. The van der Waals surface area contributed by atoms with Crippen molar-refractivity contribution in [1.82, 2.24) is 0 Å². The van der Waals surface area contributed by atoms with E-state index in [4.69, 9.17) is 0 Å². The van der Waals surface area contributed by atoms with E-state index in [0.29, 0.717) is 0 Å². The van der Waals surface area contributed by atoms with E-state index in [2.05, 4.69) is 0 Å². The van der Waals surface area contributed by atoms with Crippen molar-refractivity contribution >= 4 is 49.6 Å². The largest absolute Gasteiger partial charge is 0.147 e. The van der Waals surface area contributed by atoms with Crippen LogP contribution in [-0.4, -0.2) is 0 Å². The standard InChI is InChI=1S/CH4.4ClH.V/h1H4;4*1H;. The van der Waals surface area contributed by atoms with Crippen molar-refractivity contribution in [2.24, 2.45) is 0 Å². The summed E-state index contributed by atoms with van der Waals surface area (Å²) in [5, 5.41) is 0. The first-order chi connectivity index (χ1) is 0. The molecule has 0 atom stereocenters. The Kier molecular flexibility index (Phi) is 1410. The van der Waals surface area contributed by atoms with Gasteiger partial charge < -0.3 is 0 Å². The van der Waals surface area contributed by atoms with Gasteiger partial charge in [0.1, 0.15) is 0 Å². The van der Waals surface area contributed by atoms with E-state index in [1.54, 1.807) is 0 Å². The maximum atomic E-state index is 0. The minimum absolute atomic E-state index is 0. The molecule has 6 heavy (non-hydrogen) atoms. The van der Waals surface area contributed by atoms with Gasteiger partial charge in [-0.3, -0.25) is 0 Å². The Balaban J connectivity index is 0. The normalized spacial score (nSPS) is 0. The molecule has 0 spiro atoms. The van der Waals surface area contributed by atoms with Gasteiger partial charge in [0.05, 0.1) is 0 Å². The van der Waals surface area contributed by atoms with Crippen LogP contribution in [0, 0.1) is 0 Å². The third-order valence-corrected chi connectivity index (χ3v) is 0. The van der Waals surface area contributed by atoms with Crippen LogP contribution in [0.2, 0.25) is 0 Å². The summed E-state index contributed by atoms with van der Waals surface area (Å²) in [6, 6.07) is 0. The Morgan fingerprint density at radius 1 is 0.500 bits per heavy atom. The van der Waals surface area contributed by atoms with Crippen LogP contribution in [0.15, 0.2) is 0 Å². The molecule has 0 saturated heterocycles. The quantitative estimate of drug-likeness (QED) is 0.579. The van der Waals surface area contributed by atoms with Gasteiger partial charge in [0.25, 0.3) is 0 Å². The molecule has 0 amide bonds. The van der Waals surface area contributed by atoms with Gasteiger partial charge >= 0.3 is 0 Å². The van der Waals surface area contributed by atoms with E-state index in [0.717, 1.165) is 0 Å². The fourth-order valence-corrected chi connectivity index (χ4v) is 0. The summed E-state index contributed by atoms with van der Waals surface area (Å²) in [5.41, 5.74) is 0. The molecule has 0 heterocycles. The Bertz CT molecular complexity index is 7.51. The van der Waals surface area contributed by atoms with E-state index in [9.17, 15) is 0 Å². The fraction of sp³-hybridized carbons (Fsp3) is 1.00. The molecular weight excluding hydrogens is 205 g/mol. The first kappa shape index (κ1) is 116. The Hall–Kier alpha value is 1.74. The maximum absolute atomic E-state index is 0. The summed E-state index contributed by atoms with van der Waals surface area (Å²) in [7, 11) is 0. The van der Waals surface area contributed by atoms with Crippen LogP contribution in [0.1, 0.15) is 7.43 Å². The molecule has 0 aromatic carbocycles. The smallest absolute Gasteiger partial charge is 0 e. The molecule has 45 valence electrons. The van der Waals surface area contributed by atoms with Crippen LogP contribution in [0.5, 0.6) is 0 Å². The topological polar surface area (TPSA) is 0 Å². The predicted octanol–water partition coefficient (Wildman–Crippen LogP) is 2.32. The summed E-state index contributed by atoms with van der Waals surface area (Å²) in [4.78, 5) is 0. The average Bonchev–Trinajstić information content (AvgIpc) is 0. The molecule has 0 aliphatic rings. The first-order valence-corrected chi connectivity index (χ1v) is 0. The van der Waals surface area contributed by atoms with Crippen LogP contribution in [0.3, 0.4) is 0 Å². The fourth-order valence-electron chi connectivity index (χ4n) is 0. The first-order valence-electron chi connectivity index (χ1n) is 0. The number of hydrogen-bond donors (Lipinski definition) is 0. The van der Waals surface area contributed by atoms with Crippen molar-refractivity contribution in [1.29, 1.82) is 0 Å². The van der Waals surface area contributed by atoms with Gasteiger partial charge in [-0.15, -0.1) is 49.6 Å². The van der Waals surface area contributed by atoms with Crippen molar-refractivity contribution < 1.29 is 18.6 Å². The Morgan fingerprint density at radius 3 is 0.500 bits per heavy atom. The molecule has 0 nitrogen and oxygen atoms in total. The monoisotopic (exact) mass is 211 g/mol. The van der Waals surface area contributed by atoms with Gasteiger partial charge in [0.2, 0.25) is 0 Å². The average molecular weight is 213 g/mol. The van der Waals surface area contributed by atoms with Crippen LogP contribution in [0.25, 0.3) is 0 Å². The number of halogens is 4. The third kappa shape index (κ3) is 42.5. The summed E-state index contributed by atoms with van der Waals surface area (Å²) in [5.74, 6) is 0. The molecule has 0 aliphatic carbocycles. The number of rotatable bonds is 0. The van der Waals surface area contributed by atoms with Crippen molar-refractivity contribution in [2.45, 2.75) is 7.43 Å². The van der Waals surface area contributed by atoms with Crippen LogP contribution in [-0.2, 0) is 18.6 Å². The maximum Gasteiger partial charge on any atom is 0 e. The molecule has 0 unspecified atom stereocenters. The summed E-state index contributed by atoms with van der Waals surface area (Å²) in [6.45, 7) is 0. The van der Waals surface area contributed by atoms with E-state index in [1.807, 2.05) is 0 Å². The zero-order chi connectivity index (χ0) is 0. The van der Waals surface area contributed by atoms with Gasteiger partial charge in [-0.25, -0.2) is 0 Å². The van der Waals surface area contributed by atoms with E-state index >= 15 is 0 Å². The second-order valence-corrected chi connectivity index (χ2v) is 0. The minimum Gasteiger partial charge on any atom is -0.147 e. The second kappa shape index (κ2) is 73.1. The summed E-state index contributed by atoms with van der Waals surface area (Å²) >= 11 is 0. The number of hydrogen-bond acceptors (Lipinski definition) is 0. The molecule has 0 fully saturated rings. The van der Waals surface area contributed by atoms with Crippen molar-refractivity contribution in [3.05, 3.63) is 0 Å². The van der Waals surface area contributed by atoms with Gasteiger partial charge in [0, 0.05) is 18.6 Å². The molecule has 0 aromatic heterocycles. The zero-order valence-corrected chi connectivity index (χ0v) is 6.74. The Morgan fingerprint density at radius 2 is 0.500 bits per heavy atom. The Labute approximate surface area is 75.4 Å². The van der Waals surface area contributed by atoms with Crippen LogP contribution in [0.4, 0.5) is 0 Å². The molecule has 0 rings (SSSR count). The SMILES string of the molecule is C.Cl.Cl.Cl.Cl.[V]. The zero-order valence-electron chi connectivity index (χ0n) is 2.08. The molecule has 5 heteroatoms. The van der Waals surface area contributed by atoms with E-state index in [-0.39, 0.29) is 75.6 Å². The second-order valence-electron chi connectivity index (χ2n) is 0. The van der Waals surface area contributed by atoms with Gasteiger partial charge in [0.15, 0.2) is 0 Å².